The average Bonchev–Trinajstić information content (AvgIpc) is 2.40. The van der Waals surface area contributed by atoms with Crippen LogP contribution in [0.2, 0.25) is 0 Å². The Balaban J connectivity index is 0. The second kappa shape index (κ2) is 15.8. The van der Waals surface area contributed by atoms with E-state index in [1.165, 1.54) is 0 Å². The molecule has 1 rings (SSSR count). The van der Waals surface area contributed by atoms with Gasteiger partial charge in [0, 0.05) is 20.2 Å². The van der Waals surface area contributed by atoms with Gasteiger partial charge in [-0.25, -0.2) is 0 Å². The molecule has 0 aromatic rings. The highest BCUT2D eigenvalue weighted by Gasteiger charge is 2.17. The Morgan fingerprint density at radius 1 is 1.18 bits per heavy atom. The van der Waals surface area contributed by atoms with E-state index in [1.54, 1.807) is 7.11 Å². The minimum atomic E-state index is 0.232. The Morgan fingerprint density at radius 3 is 2.35 bits per heavy atom. The van der Waals surface area contributed by atoms with E-state index in [4.69, 9.17) is 14.2 Å². The van der Waals surface area contributed by atoms with Gasteiger partial charge in [0.1, 0.15) is 0 Å². The van der Waals surface area contributed by atoms with Crippen LogP contribution in [0.1, 0.15) is 27.7 Å². The predicted molar refractivity (Wildman–Crippen MR) is 72.6 cm³/mol. The van der Waals surface area contributed by atoms with Crippen LogP contribution in [0.15, 0.2) is 0 Å². The van der Waals surface area contributed by atoms with Crippen LogP contribution < -0.4 is 0 Å². The number of rotatable bonds is 5. The highest BCUT2D eigenvalue weighted by atomic mass is 16.5. The van der Waals surface area contributed by atoms with E-state index in [9.17, 15) is 0 Å². The van der Waals surface area contributed by atoms with Gasteiger partial charge in [0.2, 0.25) is 0 Å². The lowest BCUT2D eigenvalue weighted by Gasteiger charge is -2.29. The van der Waals surface area contributed by atoms with E-state index in [0.29, 0.717) is 19.8 Å². The van der Waals surface area contributed by atoms with Crippen LogP contribution in [0, 0.1) is 0 Å². The number of morpholine rings is 1. The maximum absolute atomic E-state index is 5.52. The monoisotopic (exact) mass is 249 g/mol. The second-order valence-electron chi connectivity index (χ2n) is 3.32. The Hall–Kier alpha value is -0.160. The van der Waals surface area contributed by atoms with Gasteiger partial charge in [-0.15, -0.1) is 0 Å². The predicted octanol–water partition coefficient (Wildman–Crippen LogP) is 2.03. The first-order chi connectivity index (χ1) is 8.33. The lowest BCUT2D eigenvalue weighted by Crippen LogP contribution is -2.42. The van der Waals surface area contributed by atoms with Crippen molar-refractivity contribution >= 4 is 0 Å². The van der Waals surface area contributed by atoms with E-state index in [2.05, 4.69) is 11.9 Å². The van der Waals surface area contributed by atoms with Gasteiger partial charge in [-0.1, -0.05) is 27.7 Å². The van der Waals surface area contributed by atoms with E-state index in [0.717, 1.165) is 19.7 Å². The summed E-state index contributed by atoms with van der Waals surface area (Å²) in [5.41, 5.74) is 0. The lowest BCUT2D eigenvalue weighted by atomic mass is 10.3. The van der Waals surface area contributed by atoms with E-state index in [-0.39, 0.29) is 6.10 Å². The molecular formula is C13H31NO3. The average molecular weight is 249 g/mol. The molecule has 0 aromatic heterocycles. The summed E-state index contributed by atoms with van der Waals surface area (Å²) < 4.78 is 15.8. The summed E-state index contributed by atoms with van der Waals surface area (Å²) >= 11 is 0. The summed E-state index contributed by atoms with van der Waals surface area (Å²) in [6.07, 6.45) is 0.232. The molecule has 0 N–H and O–H groups in total. The van der Waals surface area contributed by atoms with Gasteiger partial charge in [0.25, 0.3) is 0 Å². The van der Waals surface area contributed by atoms with Crippen molar-refractivity contribution in [3.63, 3.8) is 0 Å². The molecule has 1 aliphatic rings. The van der Waals surface area contributed by atoms with Crippen LogP contribution >= 0.6 is 0 Å². The van der Waals surface area contributed by atoms with Crippen LogP contribution in [-0.4, -0.2) is 64.7 Å². The largest absolute Gasteiger partial charge is 0.382 e. The number of methoxy groups -OCH3 is 1. The summed E-state index contributed by atoms with van der Waals surface area (Å²) in [5, 5.41) is 0. The van der Waals surface area contributed by atoms with Crippen molar-refractivity contribution in [1.29, 1.82) is 0 Å². The number of likely N-dealkylation sites (N-methyl/N-ethyl adjacent to an activating group) is 1. The molecule has 0 radical (unpaired) electrons. The van der Waals surface area contributed by atoms with Crippen molar-refractivity contribution in [1.82, 2.24) is 4.90 Å². The normalized spacial score (nSPS) is 19.8. The van der Waals surface area contributed by atoms with E-state index in [1.807, 2.05) is 27.7 Å². The third kappa shape index (κ3) is 12.1. The lowest BCUT2D eigenvalue weighted by molar-refractivity contribution is -0.0681. The highest BCUT2D eigenvalue weighted by molar-refractivity contribution is 4.67. The zero-order chi connectivity index (χ0) is 13.5. The highest BCUT2D eigenvalue weighted by Crippen LogP contribution is 2.02. The fourth-order valence-corrected chi connectivity index (χ4v) is 1.32. The Labute approximate surface area is 107 Å². The smallest absolute Gasteiger partial charge is 0.0935 e. The number of nitrogens with zero attached hydrogens (tertiary/aromatic N) is 1. The fourth-order valence-electron chi connectivity index (χ4n) is 1.32. The van der Waals surface area contributed by atoms with E-state index < -0.39 is 0 Å². The van der Waals surface area contributed by atoms with Crippen LogP contribution in [0.4, 0.5) is 0 Å². The number of hydrogen-bond donors (Lipinski definition) is 0. The van der Waals surface area contributed by atoms with Crippen LogP contribution in [-0.2, 0) is 14.2 Å². The Kier molecular flexibility index (Phi) is 17.9. The molecule has 0 aromatic carbocycles. The standard InChI is InChI=1S/C9H19NO3.2C2H6/c1-10-3-4-13-9(7-10)8-12-6-5-11-2;2*1-2/h9H,3-8H2,1-2H3;2*1-2H3. The number of hydrogen-bond acceptors (Lipinski definition) is 4. The first-order valence-corrected chi connectivity index (χ1v) is 6.69. The van der Waals surface area contributed by atoms with Crippen molar-refractivity contribution in [3.8, 4) is 0 Å². The molecular weight excluding hydrogens is 218 g/mol. The summed E-state index contributed by atoms with van der Waals surface area (Å²) in [6, 6.07) is 0. The zero-order valence-corrected chi connectivity index (χ0v) is 12.5. The SMILES string of the molecule is CC.CC.COCCOCC1CN(C)CCO1. The molecule has 1 heterocycles. The fraction of sp³-hybridized carbons (Fsp3) is 1.00. The minimum Gasteiger partial charge on any atom is -0.382 e. The molecule has 1 atom stereocenters. The van der Waals surface area contributed by atoms with Gasteiger partial charge >= 0.3 is 0 Å². The van der Waals surface area contributed by atoms with Crippen LogP contribution in [0.3, 0.4) is 0 Å². The topological polar surface area (TPSA) is 30.9 Å². The Morgan fingerprint density at radius 2 is 1.82 bits per heavy atom. The van der Waals surface area contributed by atoms with Gasteiger partial charge in [0.05, 0.1) is 32.5 Å². The van der Waals surface area contributed by atoms with Crippen LogP contribution in [0.5, 0.6) is 0 Å². The van der Waals surface area contributed by atoms with Crippen LogP contribution in [0.25, 0.3) is 0 Å². The maximum Gasteiger partial charge on any atom is 0.0935 e. The first kappa shape index (κ1) is 19.2. The molecule has 0 bridgehead atoms. The van der Waals surface area contributed by atoms with Crippen molar-refractivity contribution in [2.45, 2.75) is 33.8 Å². The maximum atomic E-state index is 5.52. The molecule has 1 aliphatic heterocycles. The van der Waals surface area contributed by atoms with Gasteiger partial charge in [-0.3, -0.25) is 0 Å². The molecule has 1 saturated heterocycles. The van der Waals surface area contributed by atoms with Gasteiger partial charge in [0.15, 0.2) is 0 Å². The molecule has 0 saturated carbocycles. The van der Waals surface area contributed by atoms with Crippen molar-refractivity contribution in [2.24, 2.45) is 0 Å². The summed E-state index contributed by atoms with van der Waals surface area (Å²) in [4.78, 5) is 2.26. The molecule has 0 spiro atoms. The first-order valence-electron chi connectivity index (χ1n) is 6.69. The molecule has 1 fully saturated rings. The van der Waals surface area contributed by atoms with Gasteiger partial charge in [-0.05, 0) is 7.05 Å². The van der Waals surface area contributed by atoms with Crippen molar-refractivity contribution in [2.75, 3.05) is 53.7 Å². The molecule has 106 valence electrons. The molecule has 17 heavy (non-hydrogen) atoms. The van der Waals surface area contributed by atoms with Gasteiger partial charge in [-0.2, -0.15) is 0 Å². The Bertz CT molecular complexity index is 134. The second-order valence-corrected chi connectivity index (χ2v) is 3.32. The third-order valence-electron chi connectivity index (χ3n) is 2.08. The molecule has 4 nitrogen and oxygen atoms in total. The van der Waals surface area contributed by atoms with Crippen molar-refractivity contribution in [3.05, 3.63) is 0 Å². The summed E-state index contributed by atoms with van der Waals surface area (Å²) in [6.45, 7) is 12.8. The quantitative estimate of drug-likeness (QED) is 0.698. The number of ether oxygens (including phenoxy) is 3. The molecule has 0 aliphatic carbocycles. The zero-order valence-electron chi connectivity index (χ0n) is 12.5. The van der Waals surface area contributed by atoms with E-state index >= 15 is 0 Å². The third-order valence-corrected chi connectivity index (χ3v) is 2.08. The molecule has 1 unspecified atom stereocenters. The minimum absolute atomic E-state index is 0.232. The summed E-state index contributed by atoms with van der Waals surface area (Å²) in [5.74, 6) is 0. The molecule has 4 heteroatoms. The molecule has 0 amide bonds. The van der Waals surface area contributed by atoms with Gasteiger partial charge < -0.3 is 19.1 Å². The summed E-state index contributed by atoms with van der Waals surface area (Å²) in [7, 11) is 3.78. The van der Waals surface area contributed by atoms with Crippen molar-refractivity contribution < 1.29 is 14.2 Å².